The zero-order valence-electron chi connectivity index (χ0n) is 9.89. The van der Waals surface area contributed by atoms with Gasteiger partial charge in [0.15, 0.2) is 0 Å². The molecule has 1 aliphatic rings. The second-order valence-corrected chi connectivity index (χ2v) is 3.91. The molecule has 1 rings (SSSR count). The Kier molecular flexibility index (Phi) is 6.31. The first-order valence-corrected chi connectivity index (χ1v) is 5.93. The molecule has 0 aromatic carbocycles. The summed E-state index contributed by atoms with van der Waals surface area (Å²) in [7, 11) is 0. The summed E-state index contributed by atoms with van der Waals surface area (Å²) in [5.74, 6) is -0.207. The first-order valence-electron chi connectivity index (χ1n) is 5.93. The molecule has 0 aliphatic heterocycles. The maximum absolute atomic E-state index is 10.9. The minimum Gasteiger partial charge on any atom is -0.458 e. The summed E-state index contributed by atoms with van der Waals surface area (Å²) >= 11 is 0. The van der Waals surface area contributed by atoms with Crippen molar-refractivity contribution in [3.63, 3.8) is 0 Å². The molecule has 0 aromatic rings. The molecule has 0 spiro atoms. The molecule has 16 heavy (non-hydrogen) atoms. The molecule has 0 fully saturated rings. The van der Waals surface area contributed by atoms with Crippen LogP contribution in [-0.4, -0.2) is 12.1 Å². The molecule has 0 saturated carbocycles. The van der Waals surface area contributed by atoms with Crippen LogP contribution in [0.4, 0.5) is 0 Å². The minimum absolute atomic E-state index is 0.0741. The van der Waals surface area contributed by atoms with Crippen molar-refractivity contribution in [2.45, 2.75) is 45.1 Å². The zero-order valence-corrected chi connectivity index (χ0v) is 9.89. The molecular formula is C14H20O2. The van der Waals surface area contributed by atoms with Gasteiger partial charge in [0, 0.05) is 6.92 Å². The van der Waals surface area contributed by atoms with Gasteiger partial charge < -0.3 is 4.74 Å². The number of hydrogen-bond acceptors (Lipinski definition) is 2. The molecule has 0 saturated heterocycles. The maximum Gasteiger partial charge on any atom is 0.303 e. The van der Waals surface area contributed by atoms with E-state index in [1.165, 1.54) is 6.92 Å². The van der Waals surface area contributed by atoms with E-state index in [0.717, 1.165) is 32.1 Å². The number of esters is 1. The van der Waals surface area contributed by atoms with Crippen LogP contribution < -0.4 is 0 Å². The Bertz CT molecular complexity index is 287. The fourth-order valence-corrected chi connectivity index (χ4v) is 1.62. The third-order valence-electron chi connectivity index (χ3n) is 2.39. The third kappa shape index (κ3) is 6.23. The van der Waals surface area contributed by atoms with Crippen molar-refractivity contribution in [2.24, 2.45) is 0 Å². The molecule has 0 N–H and O–H groups in total. The quantitative estimate of drug-likeness (QED) is 0.499. The second-order valence-electron chi connectivity index (χ2n) is 3.91. The van der Waals surface area contributed by atoms with Crippen molar-refractivity contribution in [1.82, 2.24) is 0 Å². The van der Waals surface area contributed by atoms with Crippen LogP contribution in [0.1, 0.15) is 39.0 Å². The molecule has 0 amide bonds. The van der Waals surface area contributed by atoms with Gasteiger partial charge in [0.05, 0.1) is 0 Å². The highest BCUT2D eigenvalue weighted by atomic mass is 16.5. The Morgan fingerprint density at radius 2 is 1.75 bits per heavy atom. The van der Waals surface area contributed by atoms with Crippen LogP contribution >= 0.6 is 0 Å². The fraction of sp³-hybridized carbons (Fsp3) is 0.500. The Morgan fingerprint density at radius 1 is 1.06 bits per heavy atom. The summed E-state index contributed by atoms with van der Waals surface area (Å²) in [5.41, 5.74) is 0. The van der Waals surface area contributed by atoms with E-state index in [1.807, 2.05) is 6.08 Å². The Morgan fingerprint density at radius 3 is 2.50 bits per heavy atom. The Labute approximate surface area is 97.7 Å². The summed E-state index contributed by atoms with van der Waals surface area (Å²) in [6.45, 7) is 1.46. The molecule has 1 atom stereocenters. The van der Waals surface area contributed by atoms with E-state index < -0.39 is 0 Å². The average molecular weight is 220 g/mol. The molecule has 0 heterocycles. The van der Waals surface area contributed by atoms with Crippen LogP contribution in [0.25, 0.3) is 0 Å². The lowest BCUT2D eigenvalue weighted by molar-refractivity contribution is -0.144. The third-order valence-corrected chi connectivity index (χ3v) is 2.39. The van der Waals surface area contributed by atoms with Crippen LogP contribution in [0.3, 0.4) is 0 Å². The number of ether oxygens (including phenoxy) is 1. The molecule has 1 aliphatic carbocycles. The van der Waals surface area contributed by atoms with Crippen molar-refractivity contribution in [2.75, 3.05) is 0 Å². The number of hydrogen-bond donors (Lipinski definition) is 0. The van der Waals surface area contributed by atoms with Crippen molar-refractivity contribution >= 4 is 5.97 Å². The van der Waals surface area contributed by atoms with Gasteiger partial charge in [0.2, 0.25) is 0 Å². The van der Waals surface area contributed by atoms with E-state index in [-0.39, 0.29) is 12.1 Å². The van der Waals surface area contributed by atoms with Gasteiger partial charge in [-0.2, -0.15) is 0 Å². The standard InChI is InChI=1S/C14H20O2/c1-13(15)16-14-11-9-7-5-3-2-4-6-8-10-12-14/h3,5-6,8-9,11,14H,2,4,7,10,12H2,1H3/b5-3+,8-6-,11-9-. The first-order chi connectivity index (χ1) is 7.79. The normalized spacial score (nSPS) is 28.2. The van der Waals surface area contributed by atoms with E-state index >= 15 is 0 Å². The van der Waals surface area contributed by atoms with Gasteiger partial charge in [-0.25, -0.2) is 0 Å². The topological polar surface area (TPSA) is 26.3 Å². The van der Waals surface area contributed by atoms with Crippen LogP contribution in [0, 0.1) is 0 Å². The van der Waals surface area contributed by atoms with E-state index in [1.54, 1.807) is 0 Å². The van der Waals surface area contributed by atoms with Crippen LogP contribution in [-0.2, 0) is 9.53 Å². The predicted molar refractivity (Wildman–Crippen MR) is 66.1 cm³/mol. The van der Waals surface area contributed by atoms with Gasteiger partial charge in [-0.15, -0.1) is 0 Å². The molecule has 0 aromatic heterocycles. The van der Waals surface area contributed by atoms with Crippen molar-refractivity contribution in [1.29, 1.82) is 0 Å². The van der Waals surface area contributed by atoms with Crippen LogP contribution in [0.15, 0.2) is 36.5 Å². The summed E-state index contributed by atoms with van der Waals surface area (Å²) in [5, 5.41) is 0. The SMILES string of the molecule is CC(=O)OC1/C=C\C/C=C/CC/C=C\CC1. The average Bonchev–Trinajstić information content (AvgIpc) is 2.21. The Hall–Kier alpha value is -1.31. The van der Waals surface area contributed by atoms with Crippen molar-refractivity contribution in [3.8, 4) is 0 Å². The smallest absolute Gasteiger partial charge is 0.303 e. The summed E-state index contributed by atoms with van der Waals surface area (Å²) in [6, 6.07) is 0. The lowest BCUT2D eigenvalue weighted by Gasteiger charge is -2.11. The Balaban J connectivity index is 2.52. The summed E-state index contributed by atoms with van der Waals surface area (Å²) < 4.78 is 5.21. The maximum atomic E-state index is 10.9. The molecule has 0 radical (unpaired) electrons. The van der Waals surface area contributed by atoms with Gasteiger partial charge in [-0.1, -0.05) is 30.4 Å². The highest BCUT2D eigenvalue weighted by Crippen LogP contribution is 2.08. The van der Waals surface area contributed by atoms with Crippen LogP contribution in [0.5, 0.6) is 0 Å². The number of carbonyl (C=O) groups is 1. The van der Waals surface area contributed by atoms with Gasteiger partial charge in [0.25, 0.3) is 0 Å². The van der Waals surface area contributed by atoms with Gasteiger partial charge >= 0.3 is 5.97 Å². The molecular weight excluding hydrogens is 200 g/mol. The van der Waals surface area contributed by atoms with E-state index in [2.05, 4.69) is 30.4 Å². The zero-order chi connectivity index (χ0) is 11.6. The van der Waals surface area contributed by atoms with Gasteiger partial charge in [-0.3, -0.25) is 4.79 Å². The highest BCUT2D eigenvalue weighted by molar-refractivity contribution is 5.66. The van der Waals surface area contributed by atoms with Gasteiger partial charge in [-0.05, 0) is 38.2 Å². The van der Waals surface area contributed by atoms with Crippen molar-refractivity contribution < 1.29 is 9.53 Å². The molecule has 0 bridgehead atoms. The largest absolute Gasteiger partial charge is 0.458 e. The molecule has 88 valence electrons. The van der Waals surface area contributed by atoms with Crippen molar-refractivity contribution in [3.05, 3.63) is 36.5 Å². The fourth-order valence-electron chi connectivity index (χ4n) is 1.62. The number of carbonyl (C=O) groups excluding carboxylic acids is 1. The number of rotatable bonds is 1. The minimum atomic E-state index is -0.207. The number of allylic oxidation sites excluding steroid dienone is 5. The van der Waals surface area contributed by atoms with Gasteiger partial charge in [0.1, 0.15) is 6.10 Å². The summed E-state index contributed by atoms with van der Waals surface area (Å²) in [6.07, 6.45) is 17.6. The predicted octanol–water partition coefficient (Wildman–Crippen LogP) is 3.55. The highest BCUT2D eigenvalue weighted by Gasteiger charge is 2.06. The monoisotopic (exact) mass is 220 g/mol. The summed E-state index contributed by atoms with van der Waals surface area (Å²) in [4.78, 5) is 10.9. The lowest BCUT2D eigenvalue weighted by Crippen LogP contribution is -2.13. The van der Waals surface area contributed by atoms with E-state index in [4.69, 9.17) is 4.74 Å². The second kappa shape index (κ2) is 7.91. The molecule has 2 nitrogen and oxygen atoms in total. The lowest BCUT2D eigenvalue weighted by atomic mass is 10.1. The van der Waals surface area contributed by atoms with E-state index in [9.17, 15) is 4.79 Å². The molecule has 1 unspecified atom stereocenters. The first kappa shape index (κ1) is 12.8. The van der Waals surface area contributed by atoms with Crippen LogP contribution in [0.2, 0.25) is 0 Å². The van der Waals surface area contributed by atoms with E-state index in [0.29, 0.717) is 0 Å². The molecule has 2 heteroatoms.